The number of amides is 1. The molecule has 6 heteroatoms. The Morgan fingerprint density at radius 3 is 2.70 bits per heavy atom. The third-order valence-corrected chi connectivity index (χ3v) is 3.98. The minimum Gasteiger partial charge on any atom is -0.367 e. The summed E-state index contributed by atoms with van der Waals surface area (Å²) in [5.74, 6) is 1.14. The van der Waals surface area contributed by atoms with E-state index in [0.717, 1.165) is 24.2 Å². The van der Waals surface area contributed by atoms with Crippen LogP contribution in [0.2, 0.25) is 0 Å². The van der Waals surface area contributed by atoms with Crippen LogP contribution in [0, 0.1) is 6.92 Å². The van der Waals surface area contributed by atoms with Crippen LogP contribution in [0.3, 0.4) is 0 Å². The van der Waals surface area contributed by atoms with Crippen molar-refractivity contribution in [3.05, 3.63) is 47.7 Å². The number of rotatable bonds is 5. The maximum Gasteiger partial charge on any atom is 0.270 e. The Morgan fingerprint density at radius 1 is 1.22 bits per heavy atom. The van der Waals surface area contributed by atoms with Gasteiger partial charge in [0.25, 0.3) is 5.91 Å². The second-order valence-electron chi connectivity index (χ2n) is 5.85. The molecular formula is C17H21N5O. The highest BCUT2D eigenvalue weighted by Crippen LogP contribution is 2.21. The molecule has 2 N–H and O–H groups in total. The lowest BCUT2D eigenvalue weighted by atomic mass is 10.2. The standard InChI is InChI=1S/C17H21N5O/c1-12-20-15(10-16(21-12)22-14-4-2-3-5-14)17(23)19-11-13-6-8-18-9-7-13/h6-10,14H,2-5,11H2,1H3,(H,19,23)(H,20,21,22). The average molecular weight is 311 g/mol. The number of nitrogens with one attached hydrogen (secondary N) is 2. The van der Waals surface area contributed by atoms with Gasteiger partial charge in [0.2, 0.25) is 0 Å². The number of hydrogen-bond donors (Lipinski definition) is 2. The predicted molar refractivity (Wildman–Crippen MR) is 88.1 cm³/mol. The molecule has 1 amide bonds. The zero-order chi connectivity index (χ0) is 16.1. The number of anilines is 1. The Bertz CT molecular complexity index is 668. The first-order chi connectivity index (χ1) is 11.2. The van der Waals surface area contributed by atoms with Gasteiger partial charge in [0.1, 0.15) is 17.3 Å². The summed E-state index contributed by atoms with van der Waals surface area (Å²) in [4.78, 5) is 24.9. The Hall–Kier alpha value is -2.50. The van der Waals surface area contributed by atoms with Crippen molar-refractivity contribution in [1.82, 2.24) is 20.3 Å². The van der Waals surface area contributed by atoms with E-state index in [-0.39, 0.29) is 5.91 Å². The number of aromatic nitrogens is 3. The summed E-state index contributed by atoms with van der Waals surface area (Å²) >= 11 is 0. The molecule has 0 spiro atoms. The molecule has 23 heavy (non-hydrogen) atoms. The fraction of sp³-hybridized carbons (Fsp3) is 0.412. The van der Waals surface area contributed by atoms with Gasteiger partial charge in [-0.25, -0.2) is 9.97 Å². The minimum atomic E-state index is -0.193. The van der Waals surface area contributed by atoms with Crippen molar-refractivity contribution in [3.63, 3.8) is 0 Å². The van der Waals surface area contributed by atoms with Crippen LogP contribution in [-0.2, 0) is 6.54 Å². The Kier molecular flexibility index (Phi) is 4.80. The Labute approximate surface area is 135 Å². The summed E-state index contributed by atoms with van der Waals surface area (Å²) < 4.78 is 0. The fourth-order valence-electron chi connectivity index (χ4n) is 2.81. The van der Waals surface area contributed by atoms with Crippen molar-refractivity contribution < 1.29 is 4.79 Å². The smallest absolute Gasteiger partial charge is 0.270 e. The van der Waals surface area contributed by atoms with E-state index in [1.807, 2.05) is 12.1 Å². The summed E-state index contributed by atoms with van der Waals surface area (Å²) in [5.41, 5.74) is 1.40. The highest BCUT2D eigenvalue weighted by molar-refractivity contribution is 5.92. The van der Waals surface area contributed by atoms with Crippen molar-refractivity contribution in [2.75, 3.05) is 5.32 Å². The highest BCUT2D eigenvalue weighted by Gasteiger charge is 2.17. The fourth-order valence-corrected chi connectivity index (χ4v) is 2.81. The van der Waals surface area contributed by atoms with Crippen molar-refractivity contribution in [3.8, 4) is 0 Å². The van der Waals surface area contributed by atoms with Crippen LogP contribution in [-0.4, -0.2) is 26.9 Å². The summed E-state index contributed by atoms with van der Waals surface area (Å²) in [5, 5.41) is 6.29. The second-order valence-corrected chi connectivity index (χ2v) is 5.85. The van der Waals surface area contributed by atoms with E-state index < -0.39 is 0 Å². The molecule has 120 valence electrons. The molecule has 0 saturated heterocycles. The van der Waals surface area contributed by atoms with Crippen molar-refractivity contribution in [2.45, 2.75) is 45.2 Å². The molecule has 0 atom stereocenters. The molecule has 6 nitrogen and oxygen atoms in total. The predicted octanol–water partition coefficient (Wildman–Crippen LogP) is 2.46. The lowest BCUT2D eigenvalue weighted by Gasteiger charge is -2.14. The lowest BCUT2D eigenvalue weighted by molar-refractivity contribution is 0.0945. The van der Waals surface area contributed by atoms with Gasteiger partial charge in [-0.1, -0.05) is 12.8 Å². The van der Waals surface area contributed by atoms with Gasteiger partial charge in [-0.15, -0.1) is 0 Å². The maximum absolute atomic E-state index is 12.3. The zero-order valence-electron chi connectivity index (χ0n) is 13.2. The topological polar surface area (TPSA) is 79.8 Å². The van der Waals surface area contributed by atoms with Crippen LogP contribution in [0.1, 0.15) is 47.6 Å². The van der Waals surface area contributed by atoms with Crippen molar-refractivity contribution in [2.24, 2.45) is 0 Å². The summed E-state index contributed by atoms with van der Waals surface area (Å²) in [6.45, 7) is 2.26. The minimum absolute atomic E-state index is 0.193. The van der Waals surface area contributed by atoms with Crippen LogP contribution in [0.4, 0.5) is 5.82 Å². The van der Waals surface area contributed by atoms with E-state index in [9.17, 15) is 4.79 Å². The van der Waals surface area contributed by atoms with E-state index >= 15 is 0 Å². The summed E-state index contributed by atoms with van der Waals surface area (Å²) in [7, 11) is 0. The molecule has 1 aliphatic carbocycles. The van der Waals surface area contributed by atoms with E-state index in [1.165, 1.54) is 12.8 Å². The molecule has 2 aromatic rings. The number of carbonyl (C=O) groups excluding carboxylic acids is 1. The van der Waals surface area contributed by atoms with E-state index in [1.54, 1.807) is 25.4 Å². The Morgan fingerprint density at radius 2 is 1.96 bits per heavy atom. The van der Waals surface area contributed by atoms with Crippen molar-refractivity contribution >= 4 is 11.7 Å². The van der Waals surface area contributed by atoms with Crippen LogP contribution >= 0.6 is 0 Å². The average Bonchev–Trinajstić information content (AvgIpc) is 3.06. The molecule has 3 rings (SSSR count). The molecule has 0 bridgehead atoms. The molecule has 1 fully saturated rings. The number of hydrogen-bond acceptors (Lipinski definition) is 5. The molecule has 0 aliphatic heterocycles. The second kappa shape index (κ2) is 7.17. The molecule has 2 heterocycles. The van der Waals surface area contributed by atoms with E-state index in [0.29, 0.717) is 24.1 Å². The molecular weight excluding hydrogens is 290 g/mol. The summed E-state index contributed by atoms with van der Waals surface area (Å²) in [6.07, 6.45) is 8.24. The van der Waals surface area contributed by atoms with Gasteiger partial charge in [0.15, 0.2) is 0 Å². The normalized spacial score (nSPS) is 14.7. The van der Waals surface area contributed by atoms with Crippen LogP contribution in [0.15, 0.2) is 30.6 Å². The van der Waals surface area contributed by atoms with Crippen LogP contribution in [0.5, 0.6) is 0 Å². The monoisotopic (exact) mass is 311 g/mol. The molecule has 2 aromatic heterocycles. The molecule has 0 unspecified atom stereocenters. The summed E-state index contributed by atoms with van der Waals surface area (Å²) in [6, 6.07) is 5.93. The quantitative estimate of drug-likeness (QED) is 0.886. The molecule has 0 radical (unpaired) electrons. The Balaban J connectivity index is 1.66. The number of nitrogens with zero attached hydrogens (tertiary/aromatic N) is 3. The first-order valence-corrected chi connectivity index (χ1v) is 8.00. The van der Waals surface area contributed by atoms with Gasteiger partial charge >= 0.3 is 0 Å². The van der Waals surface area contributed by atoms with Gasteiger partial charge in [-0.05, 0) is 37.5 Å². The first kappa shape index (κ1) is 15.4. The largest absolute Gasteiger partial charge is 0.367 e. The molecule has 1 saturated carbocycles. The molecule has 1 aliphatic rings. The van der Waals surface area contributed by atoms with Crippen LogP contribution < -0.4 is 10.6 Å². The highest BCUT2D eigenvalue weighted by atomic mass is 16.1. The van der Waals surface area contributed by atoms with E-state index in [2.05, 4.69) is 25.6 Å². The van der Waals surface area contributed by atoms with Gasteiger partial charge in [-0.3, -0.25) is 9.78 Å². The maximum atomic E-state index is 12.3. The number of pyridine rings is 1. The van der Waals surface area contributed by atoms with Gasteiger partial charge in [-0.2, -0.15) is 0 Å². The lowest BCUT2D eigenvalue weighted by Crippen LogP contribution is -2.25. The van der Waals surface area contributed by atoms with E-state index in [4.69, 9.17) is 0 Å². The van der Waals surface area contributed by atoms with Crippen molar-refractivity contribution in [1.29, 1.82) is 0 Å². The SMILES string of the molecule is Cc1nc(NC2CCCC2)cc(C(=O)NCc2ccncc2)n1. The van der Waals surface area contributed by atoms with Crippen LogP contribution in [0.25, 0.3) is 0 Å². The van der Waals surface area contributed by atoms with Gasteiger partial charge in [0.05, 0.1) is 0 Å². The first-order valence-electron chi connectivity index (χ1n) is 8.00. The third-order valence-electron chi connectivity index (χ3n) is 3.98. The number of carbonyl (C=O) groups is 1. The van der Waals surface area contributed by atoms with Gasteiger partial charge in [0, 0.05) is 31.0 Å². The molecule has 0 aromatic carbocycles. The van der Waals surface area contributed by atoms with Gasteiger partial charge < -0.3 is 10.6 Å². The number of aryl methyl sites for hydroxylation is 1. The zero-order valence-corrected chi connectivity index (χ0v) is 13.2. The third kappa shape index (κ3) is 4.25.